The Morgan fingerprint density at radius 3 is 2.76 bits per heavy atom. The van der Waals surface area contributed by atoms with Crippen molar-refractivity contribution < 1.29 is 4.74 Å². The van der Waals surface area contributed by atoms with Crippen molar-refractivity contribution in [3.63, 3.8) is 0 Å². The number of hydrogen-bond donors (Lipinski definition) is 1. The largest absolute Gasteiger partial charge is 0.384 e. The summed E-state index contributed by atoms with van der Waals surface area (Å²) in [6.45, 7) is 6.21. The Morgan fingerprint density at radius 1 is 1.47 bits per heavy atom. The van der Waals surface area contributed by atoms with Gasteiger partial charge in [-0.1, -0.05) is 25.4 Å². The lowest BCUT2D eigenvalue weighted by Gasteiger charge is -2.21. The first kappa shape index (κ1) is 15.0. The molecule has 1 heterocycles. The lowest BCUT2D eigenvalue weighted by atomic mass is 9.99. The van der Waals surface area contributed by atoms with Gasteiger partial charge < -0.3 is 10.1 Å². The summed E-state index contributed by atoms with van der Waals surface area (Å²) in [6.07, 6.45) is 2.19. The fraction of sp³-hybridized carbons (Fsp3) is 0.692. The SMILES string of the molecule is CCNC(Cc1ccc(Cl)s1)CC(C)COC. The molecule has 0 aromatic carbocycles. The topological polar surface area (TPSA) is 21.3 Å². The van der Waals surface area contributed by atoms with Crippen LogP contribution >= 0.6 is 22.9 Å². The number of methoxy groups -OCH3 is 1. The van der Waals surface area contributed by atoms with Crippen molar-refractivity contribution in [3.05, 3.63) is 21.3 Å². The minimum absolute atomic E-state index is 0.514. The highest BCUT2D eigenvalue weighted by Gasteiger charge is 2.14. The van der Waals surface area contributed by atoms with Gasteiger partial charge in [-0.2, -0.15) is 0 Å². The van der Waals surface area contributed by atoms with E-state index in [9.17, 15) is 0 Å². The van der Waals surface area contributed by atoms with Gasteiger partial charge in [-0.05, 0) is 37.4 Å². The van der Waals surface area contributed by atoms with Gasteiger partial charge in [0.15, 0.2) is 0 Å². The van der Waals surface area contributed by atoms with E-state index < -0.39 is 0 Å². The van der Waals surface area contributed by atoms with E-state index in [2.05, 4.69) is 25.2 Å². The second-order valence-electron chi connectivity index (χ2n) is 4.46. The van der Waals surface area contributed by atoms with Gasteiger partial charge in [-0.25, -0.2) is 0 Å². The van der Waals surface area contributed by atoms with Crippen LogP contribution in [0.1, 0.15) is 25.1 Å². The first-order chi connectivity index (χ1) is 8.15. The zero-order valence-electron chi connectivity index (χ0n) is 10.8. The molecule has 98 valence electrons. The third kappa shape index (κ3) is 5.87. The summed E-state index contributed by atoms with van der Waals surface area (Å²) >= 11 is 7.63. The van der Waals surface area contributed by atoms with Crippen LogP contribution in [0.5, 0.6) is 0 Å². The molecule has 17 heavy (non-hydrogen) atoms. The molecule has 1 aromatic heterocycles. The molecule has 0 bridgehead atoms. The highest BCUT2D eigenvalue weighted by Crippen LogP contribution is 2.23. The second-order valence-corrected chi connectivity index (χ2v) is 6.26. The van der Waals surface area contributed by atoms with Crippen molar-refractivity contribution in [1.82, 2.24) is 5.32 Å². The zero-order valence-corrected chi connectivity index (χ0v) is 12.4. The molecular formula is C13H22ClNOS. The molecule has 0 aliphatic heterocycles. The maximum absolute atomic E-state index is 5.95. The predicted octanol–water partition coefficient (Wildman–Crippen LogP) is 3.59. The van der Waals surface area contributed by atoms with Crippen molar-refractivity contribution in [2.75, 3.05) is 20.3 Å². The Hall–Kier alpha value is -0.0900. The van der Waals surface area contributed by atoms with Crippen LogP contribution in [0.25, 0.3) is 0 Å². The first-order valence-corrected chi connectivity index (χ1v) is 7.31. The lowest BCUT2D eigenvalue weighted by molar-refractivity contribution is 0.149. The van der Waals surface area contributed by atoms with Crippen molar-refractivity contribution >= 4 is 22.9 Å². The van der Waals surface area contributed by atoms with Crippen molar-refractivity contribution in [1.29, 1.82) is 0 Å². The molecule has 1 aromatic rings. The van der Waals surface area contributed by atoms with Gasteiger partial charge in [0, 0.05) is 24.6 Å². The van der Waals surface area contributed by atoms with Gasteiger partial charge >= 0.3 is 0 Å². The molecule has 0 spiro atoms. The van der Waals surface area contributed by atoms with Gasteiger partial charge in [-0.15, -0.1) is 11.3 Å². The highest BCUT2D eigenvalue weighted by atomic mass is 35.5. The Morgan fingerprint density at radius 2 is 2.24 bits per heavy atom. The van der Waals surface area contributed by atoms with Crippen LogP contribution in [-0.2, 0) is 11.2 Å². The number of rotatable bonds is 8. The summed E-state index contributed by atoms with van der Waals surface area (Å²) < 4.78 is 6.07. The van der Waals surface area contributed by atoms with Crippen LogP contribution in [0.3, 0.4) is 0 Å². The standard InChI is InChI=1S/C13H22ClNOS/c1-4-15-11(7-10(2)9-16-3)8-12-5-6-13(14)17-12/h5-6,10-11,15H,4,7-9H2,1-3H3. The van der Waals surface area contributed by atoms with E-state index in [0.717, 1.165) is 30.3 Å². The summed E-state index contributed by atoms with van der Waals surface area (Å²) in [5.74, 6) is 0.583. The van der Waals surface area contributed by atoms with Gasteiger partial charge in [0.05, 0.1) is 4.34 Å². The van der Waals surface area contributed by atoms with Crippen molar-refractivity contribution in [2.24, 2.45) is 5.92 Å². The highest BCUT2D eigenvalue weighted by molar-refractivity contribution is 7.16. The van der Waals surface area contributed by atoms with Crippen LogP contribution in [0.4, 0.5) is 0 Å². The Labute approximate surface area is 113 Å². The Kier molecular flexibility index (Phi) is 7.12. The smallest absolute Gasteiger partial charge is 0.0931 e. The maximum Gasteiger partial charge on any atom is 0.0931 e. The number of ether oxygens (including phenoxy) is 1. The van der Waals surface area contributed by atoms with E-state index in [1.807, 2.05) is 6.07 Å². The molecule has 2 nitrogen and oxygen atoms in total. The lowest BCUT2D eigenvalue weighted by Crippen LogP contribution is -2.33. The normalized spacial score (nSPS) is 14.8. The van der Waals surface area contributed by atoms with Gasteiger partial charge in [0.2, 0.25) is 0 Å². The first-order valence-electron chi connectivity index (χ1n) is 6.12. The number of thiophene rings is 1. The molecule has 0 radical (unpaired) electrons. The molecule has 0 amide bonds. The van der Waals surface area contributed by atoms with Crippen LogP contribution in [0.15, 0.2) is 12.1 Å². The van der Waals surface area contributed by atoms with Gasteiger partial charge in [0.25, 0.3) is 0 Å². The molecule has 2 unspecified atom stereocenters. The second kappa shape index (κ2) is 8.09. The molecule has 0 fully saturated rings. The summed E-state index contributed by atoms with van der Waals surface area (Å²) in [4.78, 5) is 1.35. The van der Waals surface area contributed by atoms with Crippen LogP contribution < -0.4 is 5.32 Å². The van der Waals surface area contributed by atoms with Gasteiger partial charge in [0.1, 0.15) is 0 Å². The number of halogens is 1. The Bertz CT molecular complexity index is 316. The van der Waals surface area contributed by atoms with Crippen LogP contribution in [0.2, 0.25) is 4.34 Å². The van der Waals surface area contributed by atoms with E-state index >= 15 is 0 Å². The maximum atomic E-state index is 5.95. The van der Waals surface area contributed by atoms with E-state index in [-0.39, 0.29) is 0 Å². The molecular weight excluding hydrogens is 254 g/mol. The molecule has 1 rings (SSSR count). The molecule has 2 atom stereocenters. The third-order valence-electron chi connectivity index (χ3n) is 2.71. The molecule has 0 saturated heterocycles. The van der Waals surface area contributed by atoms with E-state index in [4.69, 9.17) is 16.3 Å². The quantitative estimate of drug-likeness (QED) is 0.783. The summed E-state index contributed by atoms with van der Waals surface area (Å²) in [5, 5.41) is 3.54. The number of nitrogens with one attached hydrogen (secondary N) is 1. The number of hydrogen-bond acceptors (Lipinski definition) is 3. The minimum atomic E-state index is 0.514. The molecule has 0 aliphatic rings. The van der Waals surface area contributed by atoms with E-state index in [1.165, 1.54) is 4.88 Å². The van der Waals surface area contributed by atoms with Crippen molar-refractivity contribution in [2.45, 2.75) is 32.7 Å². The Balaban J connectivity index is 2.47. The third-order valence-corrected chi connectivity index (χ3v) is 3.96. The fourth-order valence-electron chi connectivity index (χ4n) is 2.07. The van der Waals surface area contributed by atoms with E-state index in [0.29, 0.717) is 12.0 Å². The molecule has 1 N–H and O–H groups in total. The van der Waals surface area contributed by atoms with Crippen molar-refractivity contribution in [3.8, 4) is 0 Å². The summed E-state index contributed by atoms with van der Waals surface area (Å²) in [6, 6.07) is 4.61. The number of likely N-dealkylation sites (N-methyl/N-ethyl adjacent to an activating group) is 1. The fourth-order valence-corrected chi connectivity index (χ4v) is 3.24. The minimum Gasteiger partial charge on any atom is -0.384 e. The summed E-state index contributed by atoms with van der Waals surface area (Å²) in [7, 11) is 1.76. The van der Waals surface area contributed by atoms with Crippen LogP contribution in [-0.4, -0.2) is 26.3 Å². The van der Waals surface area contributed by atoms with E-state index in [1.54, 1.807) is 18.4 Å². The zero-order chi connectivity index (χ0) is 12.7. The van der Waals surface area contributed by atoms with Gasteiger partial charge in [-0.3, -0.25) is 0 Å². The molecule has 4 heteroatoms. The van der Waals surface area contributed by atoms with Crippen LogP contribution in [0, 0.1) is 5.92 Å². The molecule has 0 saturated carbocycles. The predicted molar refractivity (Wildman–Crippen MR) is 76.2 cm³/mol. The molecule has 0 aliphatic carbocycles. The average molecular weight is 276 g/mol. The monoisotopic (exact) mass is 275 g/mol. The average Bonchev–Trinajstić information content (AvgIpc) is 2.64. The summed E-state index contributed by atoms with van der Waals surface area (Å²) in [5.41, 5.74) is 0.